The Labute approximate surface area is 224 Å². The number of benzene rings is 1. The molecular formula is C30H38N2O6. The fourth-order valence-corrected chi connectivity index (χ4v) is 6.49. The normalized spacial score (nSPS) is 33.2. The monoisotopic (exact) mass is 522 g/mol. The van der Waals surface area contributed by atoms with Crippen molar-refractivity contribution in [2.24, 2.45) is 11.8 Å². The van der Waals surface area contributed by atoms with Gasteiger partial charge in [-0.15, -0.1) is 0 Å². The van der Waals surface area contributed by atoms with Crippen molar-refractivity contribution in [3.63, 3.8) is 0 Å². The van der Waals surface area contributed by atoms with Crippen LogP contribution in [0.4, 0.5) is 0 Å². The van der Waals surface area contributed by atoms with Crippen molar-refractivity contribution in [1.29, 1.82) is 0 Å². The maximum atomic E-state index is 14.4. The van der Waals surface area contributed by atoms with Gasteiger partial charge in [-0.1, -0.05) is 54.6 Å². The summed E-state index contributed by atoms with van der Waals surface area (Å²) in [5.74, 6) is -2.88. The van der Waals surface area contributed by atoms with Crippen molar-refractivity contribution in [2.75, 3.05) is 19.8 Å². The predicted octanol–water partition coefficient (Wildman–Crippen LogP) is 2.65. The van der Waals surface area contributed by atoms with Crippen molar-refractivity contribution >= 4 is 17.8 Å². The Morgan fingerprint density at radius 3 is 2.55 bits per heavy atom. The first kappa shape index (κ1) is 26.6. The van der Waals surface area contributed by atoms with Gasteiger partial charge in [0, 0.05) is 12.1 Å². The molecule has 0 bridgehead atoms. The highest BCUT2D eigenvalue weighted by Crippen LogP contribution is 2.54. The second-order valence-electron chi connectivity index (χ2n) is 11.7. The van der Waals surface area contributed by atoms with E-state index in [0.717, 1.165) is 24.8 Å². The van der Waals surface area contributed by atoms with E-state index in [4.69, 9.17) is 9.47 Å². The lowest BCUT2D eigenvalue weighted by atomic mass is 9.77. The van der Waals surface area contributed by atoms with Gasteiger partial charge in [-0.3, -0.25) is 14.4 Å². The van der Waals surface area contributed by atoms with E-state index in [1.54, 1.807) is 4.90 Å². The molecule has 5 rings (SSSR count). The number of nitrogens with zero attached hydrogens (tertiary/aromatic N) is 2. The number of hydrogen-bond acceptors (Lipinski definition) is 6. The Balaban J connectivity index is 1.63. The third-order valence-electron chi connectivity index (χ3n) is 8.27. The molecule has 8 heteroatoms. The number of hydrogen-bond donors (Lipinski definition) is 1. The number of rotatable bonds is 4. The van der Waals surface area contributed by atoms with E-state index in [0.29, 0.717) is 13.0 Å². The lowest BCUT2D eigenvalue weighted by molar-refractivity contribution is -0.157. The quantitative estimate of drug-likeness (QED) is 0.483. The van der Waals surface area contributed by atoms with E-state index < -0.39 is 47.1 Å². The van der Waals surface area contributed by atoms with E-state index in [-0.39, 0.29) is 25.0 Å². The highest BCUT2D eigenvalue weighted by molar-refractivity contribution is 5.99. The van der Waals surface area contributed by atoms with Gasteiger partial charge in [0.2, 0.25) is 11.8 Å². The number of allylic oxidation sites excluding steroid dienone is 1. The van der Waals surface area contributed by atoms with Crippen LogP contribution in [-0.4, -0.2) is 81.8 Å². The summed E-state index contributed by atoms with van der Waals surface area (Å²) in [6.07, 6.45) is 9.71. The molecule has 2 saturated heterocycles. The van der Waals surface area contributed by atoms with E-state index in [1.165, 1.54) is 4.90 Å². The lowest BCUT2D eigenvalue weighted by Crippen LogP contribution is -2.61. The Bertz CT molecular complexity index is 1130. The van der Waals surface area contributed by atoms with Crippen LogP contribution in [0.1, 0.15) is 45.6 Å². The summed E-state index contributed by atoms with van der Waals surface area (Å²) in [5.41, 5.74) is -0.914. The average Bonchev–Trinajstić information content (AvgIpc) is 3.27. The summed E-state index contributed by atoms with van der Waals surface area (Å²) >= 11 is 0. The number of carbonyl (C=O) groups is 3. The van der Waals surface area contributed by atoms with Crippen LogP contribution < -0.4 is 0 Å². The van der Waals surface area contributed by atoms with Gasteiger partial charge in [-0.05, 0) is 52.0 Å². The Hall–Kier alpha value is -2.97. The number of amides is 2. The summed E-state index contributed by atoms with van der Waals surface area (Å²) in [6.45, 7) is 6.19. The Morgan fingerprint density at radius 2 is 1.84 bits per heavy atom. The topological polar surface area (TPSA) is 96.4 Å². The van der Waals surface area contributed by atoms with Gasteiger partial charge in [-0.2, -0.15) is 0 Å². The molecule has 38 heavy (non-hydrogen) atoms. The SMILES string of the molecule is CC(C)(C)N1CC=C[C@]23O[C@@H]4/C=C\CCCCOC(=O)[C@@H]4[C@H]2C(=O)N([C@@H](CO)Cc2ccccc2)C3C1=O. The van der Waals surface area contributed by atoms with Gasteiger partial charge in [-0.25, -0.2) is 0 Å². The van der Waals surface area contributed by atoms with Crippen molar-refractivity contribution in [3.8, 4) is 0 Å². The number of cyclic esters (lactones) is 1. The van der Waals surface area contributed by atoms with Crippen LogP contribution in [0, 0.1) is 11.8 Å². The zero-order valence-corrected chi connectivity index (χ0v) is 22.4. The third-order valence-corrected chi connectivity index (χ3v) is 8.27. The number of likely N-dealkylation sites (tertiary alicyclic amines) is 1. The van der Waals surface area contributed by atoms with Gasteiger partial charge in [0.1, 0.15) is 17.6 Å². The standard InChI is InChI=1S/C30H38N2O6/c1-29(2,3)31-16-11-15-30-24(23-22(38-30)14-9-4-5-10-17-37-28(23)36)26(34)32(25(30)27(31)35)21(19-33)18-20-12-7-6-8-13-20/h6-9,11-15,21-25,33H,4-5,10,16-19H2,1-3H3/b14-9-/t21-,22-,23+,24+,25?,30+/m1/s1. The number of carbonyl (C=O) groups excluding carboxylic acids is 3. The molecule has 0 saturated carbocycles. The first-order valence-corrected chi connectivity index (χ1v) is 13.7. The number of ether oxygens (including phenoxy) is 2. The van der Waals surface area contributed by atoms with E-state index in [2.05, 4.69) is 0 Å². The van der Waals surface area contributed by atoms with Crippen LogP contribution in [0.25, 0.3) is 0 Å². The van der Waals surface area contributed by atoms with Gasteiger partial charge in [0.05, 0.1) is 31.3 Å². The largest absolute Gasteiger partial charge is 0.465 e. The summed E-state index contributed by atoms with van der Waals surface area (Å²) < 4.78 is 12.3. The molecule has 0 aromatic heterocycles. The first-order chi connectivity index (χ1) is 18.2. The molecule has 4 heterocycles. The molecule has 1 N–H and O–H groups in total. The lowest BCUT2D eigenvalue weighted by Gasteiger charge is -2.42. The van der Waals surface area contributed by atoms with Gasteiger partial charge >= 0.3 is 5.97 Å². The van der Waals surface area contributed by atoms with E-state index in [9.17, 15) is 19.5 Å². The number of esters is 1. The third kappa shape index (κ3) is 4.47. The summed E-state index contributed by atoms with van der Waals surface area (Å²) in [6, 6.07) is 7.91. The summed E-state index contributed by atoms with van der Waals surface area (Å²) in [5, 5.41) is 10.6. The highest BCUT2D eigenvalue weighted by atomic mass is 16.6. The second-order valence-corrected chi connectivity index (χ2v) is 11.7. The van der Waals surface area contributed by atoms with Crippen LogP contribution in [-0.2, 0) is 30.3 Å². The maximum Gasteiger partial charge on any atom is 0.312 e. The Kier molecular flexibility index (Phi) is 7.22. The molecular weight excluding hydrogens is 484 g/mol. The molecule has 2 amide bonds. The highest BCUT2D eigenvalue weighted by Gasteiger charge is 2.72. The number of fused-ring (bicyclic) bond motifs is 2. The Morgan fingerprint density at radius 1 is 1.08 bits per heavy atom. The zero-order chi connectivity index (χ0) is 27.1. The van der Waals surface area contributed by atoms with Crippen LogP contribution in [0.2, 0.25) is 0 Å². The van der Waals surface area contributed by atoms with Crippen LogP contribution in [0.5, 0.6) is 0 Å². The first-order valence-electron chi connectivity index (χ1n) is 13.7. The molecule has 1 aromatic carbocycles. The van der Waals surface area contributed by atoms with Crippen LogP contribution in [0.15, 0.2) is 54.6 Å². The molecule has 4 aliphatic heterocycles. The summed E-state index contributed by atoms with van der Waals surface area (Å²) in [4.78, 5) is 45.5. The van der Waals surface area contributed by atoms with Crippen molar-refractivity contribution in [2.45, 2.75) is 75.8 Å². The minimum atomic E-state index is -1.34. The zero-order valence-electron chi connectivity index (χ0n) is 22.4. The fourth-order valence-electron chi connectivity index (χ4n) is 6.49. The van der Waals surface area contributed by atoms with Crippen LogP contribution in [0.3, 0.4) is 0 Å². The van der Waals surface area contributed by atoms with Crippen molar-refractivity contribution in [1.82, 2.24) is 9.80 Å². The minimum absolute atomic E-state index is 0.245. The summed E-state index contributed by atoms with van der Waals surface area (Å²) in [7, 11) is 0. The molecule has 6 atom stereocenters. The molecule has 4 aliphatic rings. The molecule has 2 fully saturated rings. The molecule has 0 aliphatic carbocycles. The molecule has 204 valence electrons. The maximum absolute atomic E-state index is 14.4. The average molecular weight is 523 g/mol. The number of aliphatic hydroxyl groups excluding tert-OH is 1. The van der Waals surface area contributed by atoms with E-state index in [1.807, 2.05) is 75.4 Å². The van der Waals surface area contributed by atoms with E-state index >= 15 is 0 Å². The van der Waals surface area contributed by atoms with Crippen LogP contribution >= 0.6 is 0 Å². The predicted molar refractivity (Wildman–Crippen MR) is 141 cm³/mol. The van der Waals surface area contributed by atoms with Gasteiger partial charge < -0.3 is 24.4 Å². The van der Waals surface area contributed by atoms with Crippen molar-refractivity contribution in [3.05, 3.63) is 60.2 Å². The van der Waals surface area contributed by atoms with Gasteiger partial charge in [0.15, 0.2) is 0 Å². The number of aliphatic hydroxyl groups is 1. The molecule has 1 unspecified atom stereocenters. The minimum Gasteiger partial charge on any atom is -0.465 e. The molecule has 1 spiro atoms. The smallest absolute Gasteiger partial charge is 0.312 e. The molecule has 0 radical (unpaired) electrons. The van der Waals surface area contributed by atoms with Crippen molar-refractivity contribution < 1.29 is 29.0 Å². The fraction of sp³-hybridized carbons (Fsp3) is 0.567. The molecule has 8 nitrogen and oxygen atoms in total. The van der Waals surface area contributed by atoms with Gasteiger partial charge in [0.25, 0.3) is 0 Å². The second kappa shape index (κ2) is 10.3. The molecule has 1 aromatic rings.